The maximum absolute atomic E-state index is 13.2. The van der Waals surface area contributed by atoms with E-state index in [1.165, 1.54) is 30.6 Å². The maximum Gasteiger partial charge on any atom is 0.265 e. The van der Waals surface area contributed by atoms with Crippen molar-refractivity contribution in [2.75, 3.05) is 17.5 Å². The number of carbonyl (C=O) groups is 2. The molecule has 0 bridgehead atoms. The number of rotatable bonds is 12. The summed E-state index contributed by atoms with van der Waals surface area (Å²) in [5.41, 5.74) is 4.00. The van der Waals surface area contributed by atoms with Gasteiger partial charge in [-0.15, -0.1) is 0 Å². The smallest absolute Gasteiger partial charge is 0.265 e. The van der Waals surface area contributed by atoms with E-state index in [1.54, 1.807) is 54.6 Å². The highest BCUT2D eigenvalue weighted by molar-refractivity contribution is 7.92. The van der Waals surface area contributed by atoms with Crippen LogP contribution in [-0.2, 0) is 19.6 Å². The second-order valence-corrected chi connectivity index (χ2v) is 10.7. The minimum absolute atomic E-state index is 0.0347. The molecule has 0 aliphatic heterocycles. The van der Waals surface area contributed by atoms with Crippen LogP contribution >= 0.6 is 0 Å². The zero-order valence-electron chi connectivity index (χ0n) is 22.3. The zero-order chi connectivity index (χ0) is 29.1. The van der Waals surface area contributed by atoms with Gasteiger partial charge in [0.1, 0.15) is 18.1 Å². The first-order chi connectivity index (χ1) is 19.8. The van der Waals surface area contributed by atoms with Crippen molar-refractivity contribution in [1.29, 1.82) is 0 Å². The highest BCUT2D eigenvalue weighted by Gasteiger charge is 2.27. The Labute approximate surface area is 238 Å². The molecule has 0 radical (unpaired) electrons. The number of nitrogens with one attached hydrogen (secondary N) is 2. The summed E-state index contributed by atoms with van der Waals surface area (Å²) >= 11 is 0. The third-order valence-corrected chi connectivity index (χ3v) is 7.62. The van der Waals surface area contributed by atoms with Crippen LogP contribution in [0.5, 0.6) is 5.75 Å². The van der Waals surface area contributed by atoms with Crippen molar-refractivity contribution in [1.82, 2.24) is 15.7 Å². The molecule has 1 atom stereocenters. The van der Waals surface area contributed by atoms with E-state index < -0.39 is 22.5 Å². The largest absolute Gasteiger partial charge is 0.484 e. The summed E-state index contributed by atoms with van der Waals surface area (Å²) < 4.78 is 33.0. The maximum atomic E-state index is 13.2. The molecule has 0 saturated carbocycles. The Morgan fingerprint density at radius 1 is 0.902 bits per heavy atom. The number of hydrogen-bond acceptors (Lipinski definition) is 7. The number of aromatic nitrogens is 1. The number of pyridine rings is 1. The summed E-state index contributed by atoms with van der Waals surface area (Å²) in [5.74, 6) is -0.300. The van der Waals surface area contributed by atoms with Crippen LogP contribution in [0.1, 0.15) is 24.1 Å². The van der Waals surface area contributed by atoms with Crippen LogP contribution in [0.4, 0.5) is 5.82 Å². The van der Waals surface area contributed by atoms with Gasteiger partial charge in [-0.2, -0.15) is 5.10 Å². The standard InChI is InChI=1S/C30H29N5O5S/c1-23(25-10-4-2-5-11-25)33-30(37)22-40-26-17-15-24(16-18-26)20-32-34-29(36)21-35(28-14-8-9-19-31-28)41(38,39)27-12-6-3-7-13-27/h2-20,23H,21-22H2,1H3,(H,33,37)(H,34,36)/b32-20-/t23-/m0/s1. The first-order valence-electron chi connectivity index (χ1n) is 12.7. The first kappa shape index (κ1) is 29.0. The van der Waals surface area contributed by atoms with E-state index in [4.69, 9.17) is 4.74 Å². The summed E-state index contributed by atoms with van der Waals surface area (Å²) in [7, 11) is -4.05. The predicted molar refractivity (Wildman–Crippen MR) is 156 cm³/mol. The SMILES string of the molecule is C[C@H](NC(=O)COc1ccc(/C=N\NC(=O)CN(c2ccccn2)S(=O)(=O)c2ccccc2)cc1)c1ccccc1. The van der Waals surface area contributed by atoms with Gasteiger partial charge in [-0.25, -0.2) is 23.1 Å². The molecule has 0 unspecified atom stereocenters. The van der Waals surface area contributed by atoms with Gasteiger partial charge in [0.05, 0.1) is 17.2 Å². The van der Waals surface area contributed by atoms with Crippen LogP contribution in [0.3, 0.4) is 0 Å². The molecule has 11 heteroatoms. The Morgan fingerprint density at radius 2 is 1.56 bits per heavy atom. The van der Waals surface area contributed by atoms with Crippen molar-refractivity contribution in [2.24, 2.45) is 5.10 Å². The number of amides is 2. The Hall–Kier alpha value is -5.03. The minimum Gasteiger partial charge on any atom is -0.484 e. The van der Waals surface area contributed by atoms with Crippen molar-refractivity contribution in [3.63, 3.8) is 0 Å². The summed E-state index contributed by atoms with van der Waals surface area (Å²) in [6.45, 7) is 1.24. The number of hydrazone groups is 1. The topological polar surface area (TPSA) is 130 Å². The molecule has 4 rings (SSSR count). The van der Waals surface area contributed by atoms with E-state index in [1.807, 2.05) is 37.3 Å². The monoisotopic (exact) mass is 571 g/mol. The molecule has 210 valence electrons. The average Bonchev–Trinajstić information content (AvgIpc) is 3.00. The number of nitrogens with zero attached hydrogens (tertiary/aromatic N) is 3. The second-order valence-electron chi connectivity index (χ2n) is 8.86. The molecule has 0 aliphatic carbocycles. The fraction of sp³-hybridized carbons (Fsp3) is 0.133. The van der Waals surface area contributed by atoms with Crippen LogP contribution in [-0.4, -0.2) is 44.6 Å². The Kier molecular flexibility index (Phi) is 9.79. The normalized spacial score (nSPS) is 11.9. The van der Waals surface area contributed by atoms with Crippen LogP contribution in [0.15, 0.2) is 119 Å². The molecule has 10 nitrogen and oxygen atoms in total. The minimum atomic E-state index is -4.05. The summed E-state index contributed by atoms with van der Waals surface area (Å²) in [6, 6.07) is 28.8. The lowest BCUT2D eigenvalue weighted by atomic mass is 10.1. The molecule has 4 aromatic rings. The van der Waals surface area contributed by atoms with Crippen molar-refractivity contribution in [3.8, 4) is 5.75 Å². The van der Waals surface area contributed by atoms with E-state index in [2.05, 4.69) is 20.8 Å². The molecule has 0 aliphatic rings. The summed E-state index contributed by atoms with van der Waals surface area (Å²) in [4.78, 5) is 29.0. The second kappa shape index (κ2) is 13.9. The molecule has 2 N–H and O–H groups in total. The van der Waals surface area contributed by atoms with Crippen molar-refractivity contribution in [2.45, 2.75) is 17.9 Å². The summed E-state index contributed by atoms with van der Waals surface area (Å²) in [5, 5.41) is 6.83. The predicted octanol–water partition coefficient (Wildman–Crippen LogP) is 3.68. The number of hydrogen-bond donors (Lipinski definition) is 2. The van der Waals surface area contributed by atoms with Gasteiger partial charge >= 0.3 is 0 Å². The lowest BCUT2D eigenvalue weighted by Crippen LogP contribution is -2.40. The molecular formula is C30H29N5O5S. The van der Waals surface area contributed by atoms with Crippen LogP contribution < -0.4 is 19.8 Å². The molecule has 2 amide bonds. The number of carbonyl (C=O) groups excluding carboxylic acids is 2. The first-order valence-corrected chi connectivity index (χ1v) is 14.1. The van der Waals surface area contributed by atoms with Crippen molar-refractivity contribution in [3.05, 3.63) is 120 Å². The lowest BCUT2D eigenvalue weighted by Gasteiger charge is -2.22. The van der Waals surface area contributed by atoms with Crippen LogP contribution in [0.25, 0.3) is 0 Å². The summed E-state index contributed by atoms with van der Waals surface area (Å²) in [6.07, 6.45) is 2.86. The molecular weight excluding hydrogens is 542 g/mol. The van der Waals surface area contributed by atoms with Gasteiger partial charge in [0.15, 0.2) is 6.61 Å². The van der Waals surface area contributed by atoms with Crippen molar-refractivity contribution < 1.29 is 22.7 Å². The number of ether oxygens (including phenoxy) is 1. The van der Waals surface area contributed by atoms with Crippen molar-refractivity contribution >= 4 is 33.9 Å². The van der Waals surface area contributed by atoms with Crippen LogP contribution in [0, 0.1) is 0 Å². The fourth-order valence-corrected chi connectivity index (χ4v) is 5.16. The van der Waals surface area contributed by atoms with Gasteiger partial charge in [-0.05, 0) is 66.6 Å². The fourth-order valence-electron chi connectivity index (χ4n) is 3.76. The molecule has 1 heterocycles. The molecule has 0 fully saturated rings. The Bertz CT molecular complexity index is 1570. The highest BCUT2D eigenvalue weighted by Crippen LogP contribution is 2.21. The van der Waals surface area contributed by atoms with Gasteiger partial charge < -0.3 is 10.1 Å². The average molecular weight is 572 g/mol. The third kappa shape index (κ3) is 8.23. The van der Waals surface area contributed by atoms with Gasteiger partial charge in [0.25, 0.3) is 21.8 Å². The molecule has 1 aromatic heterocycles. The quantitative estimate of drug-likeness (QED) is 0.197. The number of sulfonamides is 1. The van der Waals surface area contributed by atoms with E-state index in [0.29, 0.717) is 11.3 Å². The number of benzene rings is 3. The molecule has 3 aromatic carbocycles. The van der Waals surface area contributed by atoms with Gasteiger partial charge in [-0.1, -0.05) is 54.6 Å². The van der Waals surface area contributed by atoms with Gasteiger partial charge in [-0.3, -0.25) is 9.59 Å². The molecule has 0 saturated heterocycles. The third-order valence-electron chi connectivity index (χ3n) is 5.85. The zero-order valence-corrected chi connectivity index (χ0v) is 23.1. The van der Waals surface area contributed by atoms with Gasteiger partial charge in [0, 0.05) is 6.20 Å². The van der Waals surface area contributed by atoms with E-state index in [0.717, 1.165) is 9.87 Å². The molecule has 0 spiro atoms. The van der Waals surface area contributed by atoms with Gasteiger partial charge in [0.2, 0.25) is 0 Å². The highest BCUT2D eigenvalue weighted by atomic mass is 32.2. The van der Waals surface area contributed by atoms with E-state index in [9.17, 15) is 18.0 Å². The Morgan fingerprint density at radius 3 is 2.22 bits per heavy atom. The lowest BCUT2D eigenvalue weighted by molar-refractivity contribution is -0.123. The Balaban J connectivity index is 1.30. The van der Waals surface area contributed by atoms with E-state index >= 15 is 0 Å². The van der Waals surface area contributed by atoms with Crippen LogP contribution in [0.2, 0.25) is 0 Å². The van der Waals surface area contributed by atoms with E-state index in [-0.39, 0.29) is 29.3 Å². The molecule has 41 heavy (non-hydrogen) atoms. The number of anilines is 1.